The zero-order chi connectivity index (χ0) is 15.1. The highest BCUT2D eigenvalue weighted by molar-refractivity contribution is 8.33. The third kappa shape index (κ3) is 12.1. The van der Waals surface area contributed by atoms with Gasteiger partial charge in [0.05, 0.1) is 0 Å². The van der Waals surface area contributed by atoms with Crippen molar-refractivity contribution in [1.82, 2.24) is 0 Å². The van der Waals surface area contributed by atoms with Crippen LogP contribution < -0.4 is 0 Å². The molecule has 0 N–H and O–H groups in total. The molecule has 0 bridgehead atoms. The van der Waals surface area contributed by atoms with Crippen LogP contribution in [0.1, 0.15) is 97.8 Å². The summed E-state index contributed by atoms with van der Waals surface area (Å²) in [5.74, 6) is 4.68. The summed E-state index contributed by atoms with van der Waals surface area (Å²) in [6.45, 7) is 6.96. The SMILES string of the molecule is CCCCCCS(C)(CCCCCC)CCCCCC. The van der Waals surface area contributed by atoms with Crippen LogP contribution in [0.3, 0.4) is 0 Å². The normalized spacial score (nSPS) is 12.8. The smallest absolute Gasteiger partial charge is 0.0230 e. The highest BCUT2D eigenvalue weighted by Crippen LogP contribution is 2.47. The molecule has 20 heavy (non-hydrogen) atoms. The fourth-order valence-corrected chi connectivity index (χ4v) is 6.25. The molecule has 0 aliphatic carbocycles. The van der Waals surface area contributed by atoms with Gasteiger partial charge in [-0.15, -0.1) is 0 Å². The van der Waals surface area contributed by atoms with Crippen molar-refractivity contribution in [2.45, 2.75) is 97.8 Å². The van der Waals surface area contributed by atoms with E-state index >= 15 is 0 Å². The second-order valence-electron chi connectivity index (χ2n) is 6.77. The van der Waals surface area contributed by atoms with Crippen LogP contribution in [0.25, 0.3) is 0 Å². The zero-order valence-electron chi connectivity index (χ0n) is 15.0. The van der Waals surface area contributed by atoms with Crippen LogP contribution in [0.2, 0.25) is 0 Å². The van der Waals surface area contributed by atoms with Crippen molar-refractivity contribution < 1.29 is 0 Å². The minimum absolute atomic E-state index is 0.280. The van der Waals surface area contributed by atoms with Gasteiger partial charge in [-0.05, 0) is 42.8 Å². The molecule has 0 saturated carbocycles. The van der Waals surface area contributed by atoms with Gasteiger partial charge in [-0.2, -0.15) is 0 Å². The third-order valence-corrected chi connectivity index (χ3v) is 8.29. The predicted octanol–water partition coefficient (Wildman–Crippen LogP) is 7.16. The van der Waals surface area contributed by atoms with Gasteiger partial charge in [-0.25, -0.2) is 10.0 Å². The monoisotopic (exact) mass is 302 g/mol. The Morgan fingerprint density at radius 3 is 1.00 bits per heavy atom. The molecule has 0 spiro atoms. The van der Waals surface area contributed by atoms with E-state index in [2.05, 4.69) is 27.0 Å². The van der Waals surface area contributed by atoms with E-state index in [1.165, 1.54) is 77.0 Å². The summed E-state index contributed by atoms with van der Waals surface area (Å²) in [5.41, 5.74) is 0. The lowest BCUT2D eigenvalue weighted by atomic mass is 10.2. The molecule has 0 aliphatic rings. The Kier molecular flexibility index (Phi) is 14.5. The molecule has 0 saturated heterocycles. The second kappa shape index (κ2) is 14.3. The molecule has 0 atom stereocenters. The van der Waals surface area contributed by atoms with Gasteiger partial charge in [0.15, 0.2) is 0 Å². The minimum Gasteiger partial charge on any atom is -0.244 e. The minimum atomic E-state index is -0.280. The van der Waals surface area contributed by atoms with Crippen molar-refractivity contribution in [2.75, 3.05) is 23.5 Å². The summed E-state index contributed by atoms with van der Waals surface area (Å²) < 4.78 is 0. The van der Waals surface area contributed by atoms with E-state index in [9.17, 15) is 0 Å². The van der Waals surface area contributed by atoms with E-state index in [1.54, 1.807) is 17.3 Å². The van der Waals surface area contributed by atoms with Gasteiger partial charge in [-0.1, -0.05) is 78.6 Å². The molecule has 0 amide bonds. The van der Waals surface area contributed by atoms with Crippen LogP contribution in [-0.4, -0.2) is 23.5 Å². The summed E-state index contributed by atoms with van der Waals surface area (Å²) in [7, 11) is -0.280. The molecule has 0 heterocycles. The molecule has 124 valence electrons. The largest absolute Gasteiger partial charge is 0.244 e. The molecule has 0 aliphatic heterocycles. The van der Waals surface area contributed by atoms with Gasteiger partial charge < -0.3 is 0 Å². The van der Waals surface area contributed by atoms with E-state index in [1.807, 2.05) is 0 Å². The first-order chi connectivity index (χ1) is 9.68. The Morgan fingerprint density at radius 2 is 0.750 bits per heavy atom. The first kappa shape index (κ1) is 20.3. The zero-order valence-corrected chi connectivity index (χ0v) is 15.8. The predicted molar refractivity (Wildman–Crippen MR) is 101 cm³/mol. The van der Waals surface area contributed by atoms with Gasteiger partial charge >= 0.3 is 0 Å². The van der Waals surface area contributed by atoms with Crippen molar-refractivity contribution in [3.8, 4) is 0 Å². The summed E-state index contributed by atoms with van der Waals surface area (Å²) >= 11 is 0. The van der Waals surface area contributed by atoms with Crippen molar-refractivity contribution in [3.05, 3.63) is 0 Å². The Hall–Kier alpha value is 0.350. The molecule has 0 aromatic carbocycles. The Bertz CT molecular complexity index is 157. The van der Waals surface area contributed by atoms with E-state index in [-0.39, 0.29) is 10.0 Å². The maximum atomic E-state index is 2.66. The quantitative estimate of drug-likeness (QED) is 0.281. The lowest BCUT2D eigenvalue weighted by Crippen LogP contribution is -2.13. The van der Waals surface area contributed by atoms with Crippen LogP contribution in [0.4, 0.5) is 0 Å². The van der Waals surface area contributed by atoms with E-state index in [0.717, 1.165) is 0 Å². The summed E-state index contributed by atoms with van der Waals surface area (Å²) in [4.78, 5) is 0. The molecule has 0 nitrogen and oxygen atoms in total. The van der Waals surface area contributed by atoms with Gasteiger partial charge in [0.1, 0.15) is 0 Å². The van der Waals surface area contributed by atoms with Gasteiger partial charge in [0.25, 0.3) is 0 Å². The Labute approximate surface area is 131 Å². The average molecular weight is 303 g/mol. The van der Waals surface area contributed by atoms with Crippen LogP contribution in [-0.2, 0) is 0 Å². The summed E-state index contributed by atoms with van der Waals surface area (Å²) in [5, 5.41) is 0. The fourth-order valence-electron chi connectivity index (χ4n) is 2.94. The highest BCUT2D eigenvalue weighted by atomic mass is 32.3. The Balaban J connectivity index is 3.98. The number of hydrogen-bond acceptors (Lipinski definition) is 0. The topological polar surface area (TPSA) is 0 Å². The average Bonchev–Trinajstić information content (AvgIpc) is 2.45. The van der Waals surface area contributed by atoms with Crippen molar-refractivity contribution in [1.29, 1.82) is 0 Å². The lowest BCUT2D eigenvalue weighted by molar-refractivity contribution is 0.688. The lowest BCUT2D eigenvalue weighted by Gasteiger charge is -2.36. The first-order valence-corrected chi connectivity index (χ1v) is 11.9. The van der Waals surface area contributed by atoms with E-state index < -0.39 is 0 Å². The molecule has 1 heteroatoms. The second-order valence-corrected chi connectivity index (χ2v) is 11.0. The first-order valence-electron chi connectivity index (χ1n) is 9.40. The standard InChI is InChI=1S/C19H42S/c1-5-8-11-14-17-20(4,18-15-12-9-6-2)19-16-13-10-7-3/h5-19H2,1-4H3. The van der Waals surface area contributed by atoms with Gasteiger partial charge in [0, 0.05) is 0 Å². The molecule has 0 radical (unpaired) electrons. The van der Waals surface area contributed by atoms with Crippen molar-refractivity contribution in [2.24, 2.45) is 0 Å². The molecule has 0 aromatic rings. The number of unbranched alkanes of at least 4 members (excludes halogenated alkanes) is 9. The highest BCUT2D eigenvalue weighted by Gasteiger charge is 2.16. The summed E-state index contributed by atoms with van der Waals surface area (Å²) in [6.07, 6.45) is 20.1. The number of hydrogen-bond donors (Lipinski definition) is 0. The Morgan fingerprint density at radius 1 is 0.450 bits per heavy atom. The van der Waals surface area contributed by atoms with Gasteiger partial charge in [-0.3, -0.25) is 0 Å². The van der Waals surface area contributed by atoms with Crippen molar-refractivity contribution in [3.63, 3.8) is 0 Å². The fraction of sp³-hybridized carbons (Fsp3) is 1.00. The van der Waals surface area contributed by atoms with Crippen LogP contribution in [0, 0.1) is 0 Å². The van der Waals surface area contributed by atoms with E-state index in [4.69, 9.17) is 0 Å². The molecular formula is C19H42S. The maximum absolute atomic E-state index is 2.66. The third-order valence-electron chi connectivity index (χ3n) is 4.47. The molecule has 0 rings (SSSR count). The molecular weight excluding hydrogens is 260 g/mol. The molecule has 0 unspecified atom stereocenters. The van der Waals surface area contributed by atoms with Crippen LogP contribution in [0.5, 0.6) is 0 Å². The summed E-state index contributed by atoms with van der Waals surface area (Å²) in [6, 6.07) is 0. The maximum Gasteiger partial charge on any atom is -0.0230 e. The van der Waals surface area contributed by atoms with E-state index in [0.29, 0.717) is 0 Å². The van der Waals surface area contributed by atoms with Crippen molar-refractivity contribution >= 4 is 10.0 Å². The van der Waals surface area contributed by atoms with Gasteiger partial charge in [0.2, 0.25) is 0 Å². The van der Waals surface area contributed by atoms with Crippen LogP contribution >= 0.6 is 10.0 Å². The van der Waals surface area contributed by atoms with Crippen LogP contribution in [0.15, 0.2) is 0 Å². The molecule has 0 fully saturated rings. The molecule has 0 aromatic heterocycles. The number of rotatable bonds is 15.